The lowest BCUT2D eigenvalue weighted by molar-refractivity contribution is -0.112. The number of fused-ring (bicyclic) bond motifs is 1. The van der Waals surface area contributed by atoms with Gasteiger partial charge in [0.05, 0.1) is 0 Å². The molecule has 0 radical (unpaired) electrons. The molecule has 0 aromatic heterocycles. The molecule has 1 saturated carbocycles. The molecule has 0 bridgehead atoms. The maximum atomic E-state index is 13.1. The van der Waals surface area contributed by atoms with Crippen LogP contribution < -0.4 is 9.47 Å². The Morgan fingerprint density at radius 1 is 1.00 bits per heavy atom. The van der Waals surface area contributed by atoms with Gasteiger partial charge in [0.1, 0.15) is 0 Å². The molecule has 0 unspecified atom stereocenters. The zero-order valence-corrected chi connectivity index (χ0v) is 17.9. The minimum atomic E-state index is -0.0167. The summed E-state index contributed by atoms with van der Waals surface area (Å²) < 4.78 is 12.8. The van der Waals surface area contributed by atoms with Crippen molar-refractivity contribution in [1.29, 1.82) is 0 Å². The van der Waals surface area contributed by atoms with Crippen LogP contribution in [0.1, 0.15) is 57.6 Å². The van der Waals surface area contributed by atoms with Gasteiger partial charge >= 0.3 is 0 Å². The molecule has 2 heterocycles. The van der Waals surface area contributed by atoms with Crippen molar-refractivity contribution in [1.82, 2.24) is 0 Å². The Bertz CT molecular complexity index is 823. The molecule has 2 fully saturated rings. The van der Waals surface area contributed by atoms with Crippen LogP contribution in [0.5, 0.6) is 11.5 Å². The van der Waals surface area contributed by atoms with Crippen molar-refractivity contribution < 1.29 is 14.3 Å². The number of thioether (sulfide) groups is 2. The van der Waals surface area contributed by atoms with E-state index < -0.39 is 0 Å². The maximum absolute atomic E-state index is 13.1. The lowest BCUT2D eigenvalue weighted by Gasteiger charge is -2.23. The summed E-state index contributed by atoms with van der Waals surface area (Å²) in [6.07, 6.45) is 6.04. The average molecular weight is 403 g/mol. The van der Waals surface area contributed by atoms with Gasteiger partial charge in [0.2, 0.25) is 6.79 Å². The second-order valence-corrected chi connectivity index (χ2v) is 10.7. The van der Waals surface area contributed by atoms with Crippen LogP contribution in [0, 0.1) is 0 Å². The molecule has 5 heteroatoms. The van der Waals surface area contributed by atoms with E-state index in [-0.39, 0.29) is 18.0 Å². The molecule has 3 aliphatic rings. The summed E-state index contributed by atoms with van der Waals surface area (Å²) in [6.45, 7) is 6.76. The lowest BCUT2D eigenvalue weighted by Crippen LogP contribution is -2.14. The average Bonchev–Trinajstić information content (AvgIpc) is 3.13. The van der Waals surface area contributed by atoms with E-state index in [1.165, 1.54) is 10.7 Å². The van der Waals surface area contributed by atoms with Gasteiger partial charge in [-0.2, -0.15) is 0 Å². The minimum absolute atomic E-state index is 0.0167. The van der Waals surface area contributed by atoms with E-state index in [4.69, 9.17) is 9.47 Å². The third kappa shape index (κ3) is 3.81. The van der Waals surface area contributed by atoms with Gasteiger partial charge in [-0.1, -0.05) is 32.9 Å². The van der Waals surface area contributed by atoms with Crippen molar-refractivity contribution in [3.8, 4) is 11.5 Å². The van der Waals surface area contributed by atoms with Gasteiger partial charge in [-0.15, -0.1) is 23.5 Å². The second-order valence-electron chi connectivity index (χ2n) is 8.19. The van der Waals surface area contributed by atoms with E-state index in [0.717, 1.165) is 64.5 Å². The predicted octanol–water partition coefficient (Wildman–Crippen LogP) is 5.93. The molecule has 2 aliphatic heterocycles. The highest BCUT2D eigenvalue weighted by Crippen LogP contribution is 2.46. The van der Waals surface area contributed by atoms with Crippen LogP contribution in [0.15, 0.2) is 27.5 Å². The Morgan fingerprint density at radius 2 is 1.74 bits per heavy atom. The zero-order valence-electron chi connectivity index (χ0n) is 16.2. The Balaban J connectivity index is 1.70. The highest BCUT2D eigenvalue weighted by atomic mass is 32.2. The Hall–Kier alpha value is -1.33. The van der Waals surface area contributed by atoms with Crippen LogP contribution in [-0.4, -0.2) is 24.1 Å². The van der Waals surface area contributed by atoms with E-state index >= 15 is 0 Å². The molecular formula is C22H26O3S2. The van der Waals surface area contributed by atoms with E-state index in [0.29, 0.717) is 0 Å². The lowest BCUT2D eigenvalue weighted by atomic mass is 9.84. The molecule has 1 aromatic carbocycles. The third-order valence-corrected chi connectivity index (χ3v) is 7.84. The van der Waals surface area contributed by atoms with Crippen LogP contribution in [0.4, 0.5) is 0 Å². The van der Waals surface area contributed by atoms with Gasteiger partial charge in [0.25, 0.3) is 0 Å². The molecule has 144 valence electrons. The van der Waals surface area contributed by atoms with Crippen molar-refractivity contribution in [3.63, 3.8) is 0 Å². The smallest absolute Gasteiger partial charge is 0.231 e. The highest BCUT2D eigenvalue weighted by Gasteiger charge is 2.29. The van der Waals surface area contributed by atoms with Crippen molar-refractivity contribution in [2.75, 3.05) is 18.3 Å². The first-order valence-corrected chi connectivity index (χ1v) is 11.6. The molecule has 0 amide bonds. The van der Waals surface area contributed by atoms with Gasteiger partial charge in [0.15, 0.2) is 17.3 Å². The summed E-state index contributed by atoms with van der Waals surface area (Å²) in [5.41, 5.74) is 4.01. The van der Waals surface area contributed by atoms with E-state index in [9.17, 15) is 4.79 Å². The molecule has 1 saturated heterocycles. The summed E-state index contributed by atoms with van der Waals surface area (Å²) in [6, 6.07) is 4.18. The predicted molar refractivity (Wildman–Crippen MR) is 115 cm³/mol. The Morgan fingerprint density at radius 3 is 2.48 bits per heavy atom. The summed E-state index contributed by atoms with van der Waals surface area (Å²) >= 11 is 3.71. The molecule has 1 aromatic rings. The number of carbonyl (C=O) groups is 1. The summed E-state index contributed by atoms with van der Waals surface area (Å²) in [5, 5.41) is 0. The largest absolute Gasteiger partial charge is 0.453 e. The first-order chi connectivity index (χ1) is 12.9. The molecular weight excluding hydrogens is 376 g/mol. The number of benzene rings is 1. The van der Waals surface area contributed by atoms with Gasteiger partial charge in [-0.25, -0.2) is 0 Å². The number of allylic oxidation sites excluding steroid dienone is 2. The van der Waals surface area contributed by atoms with Crippen molar-refractivity contribution in [2.24, 2.45) is 0 Å². The number of ether oxygens (including phenoxy) is 2. The minimum Gasteiger partial charge on any atom is -0.453 e. The number of ketones is 1. The summed E-state index contributed by atoms with van der Waals surface area (Å²) in [4.78, 5) is 13.1. The fourth-order valence-electron chi connectivity index (χ4n) is 3.72. The first-order valence-electron chi connectivity index (χ1n) is 9.62. The number of hydrogen-bond acceptors (Lipinski definition) is 5. The summed E-state index contributed by atoms with van der Waals surface area (Å²) in [5.74, 6) is 4.10. The van der Waals surface area contributed by atoms with E-state index in [1.54, 1.807) is 0 Å². The molecule has 0 spiro atoms. The quantitative estimate of drug-likeness (QED) is 0.544. The number of Topliss-reactive ketones (excluding diaryl/α,β-unsaturated/α-hetero) is 1. The number of hydrogen-bond donors (Lipinski definition) is 0. The standard InChI is InChI=1S/C22H26O3S2/c1-22(2,3)17-9-8-15(19-20(17)25-13-24-19)12-14-6-4-7-16(18(14)23)21-26-10-5-11-27-21/h8-9,12H,4-7,10-11,13H2,1-3H3. The Labute approximate surface area is 170 Å². The maximum Gasteiger partial charge on any atom is 0.231 e. The van der Waals surface area contributed by atoms with E-state index in [1.807, 2.05) is 29.6 Å². The molecule has 4 rings (SSSR count). The fourth-order valence-corrected chi connectivity index (χ4v) is 6.43. The SMILES string of the molecule is CC(C)(C)c1ccc(C=C2CCCC(=C3SCCCS3)C2=O)c2c1OCO2. The molecule has 0 N–H and O–H groups in total. The highest BCUT2D eigenvalue weighted by molar-refractivity contribution is 8.22. The van der Waals surface area contributed by atoms with Crippen molar-refractivity contribution in [3.05, 3.63) is 38.6 Å². The van der Waals surface area contributed by atoms with Crippen molar-refractivity contribution >= 4 is 35.4 Å². The first kappa shape index (κ1) is 19.0. The van der Waals surface area contributed by atoms with Gasteiger partial charge in [-0.3, -0.25) is 4.79 Å². The van der Waals surface area contributed by atoms with Crippen LogP contribution in [0.2, 0.25) is 0 Å². The van der Waals surface area contributed by atoms with Crippen LogP contribution in [-0.2, 0) is 10.2 Å². The molecule has 1 aliphatic carbocycles. The number of rotatable bonds is 1. The zero-order chi connectivity index (χ0) is 19.0. The van der Waals surface area contributed by atoms with Crippen LogP contribution in [0.3, 0.4) is 0 Å². The number of carbonyl (C=O) groups excluding carboxylic acids is 1. The molecule has 3 nitrogen and oxygen atoms in total. The van der Waals surface area contributed by atoms with Crippen LogP contribution in [0.25, 0.3) is 6.08 Å². The van der Waals surface area contributed by atoms with Crippen LogP contribution >= 0.6 is 23.5 Å². The normalized spacial score (nSPS) is 21.9. The molecule has 0 atom stereocenters. The van der Waals surface area contributed by atoms with E-state index in [2.05, 4.69) is 32.9 Å². The second kappa shape index (κ2) is 7.59. The van der Waals surface area contributed by atoms with Crippen molar-refractivity contribution in [2.45, 2.75) is 51.9 Å². The van der Waals surface area contributed by atoms with Gasteiger partial charge < -0.3 is 9.47 Å². The Kier molecular flexibility index (Phi) is 5.34. The molecule has 27 heavy (non-hydrogen) atoms. The van der Waals surface area contributed by atoms with Gasteiger partial charge in [0, 0.05) is 26.5 Å². The van der Waals surface area contributed by atoms with Gasteiger partial charge in [-0.05, 0) is 48.7 Å². The summed E-state index contributed by atoms with van der Waals surface area (Å²) in [7, 11) is 0. The fraction of sp³-hybridized carbons (Fsp3) is 0.500. The monoisotopic (exact) mass is 402 g/mol. The third-order valence-electron chi connectivity index (χ3n) is 5.13. The topological polar surface area (TPSA) is 35.5 Å².